The Morgan fingerprint density at radius 3 is 3.04 bits per heavy atom. The molecule has 0 radical (unpaired) electrons. The third-order valence-electron chi connectivity index (χ3n) is 3.71. The van der Waals surface area contributed by atoms with Crippen LogP contribution in [0.5, 0.6) is 5.75 Å². The van der Waals surface area contributed by atoms with Gasteiger partial charge in [-0.25, -0.2) is 4.39 Å². The maximum atomic E-state index is 13.5. The van der Waals surface area contributed by atoms with Gasteiger partial charge >= 0.3 is 0 Å². The topological polar surface area (TPSA) is 62.1 Å². The van der Waals surface area contributed by atoms with E-state index in [1.54, 1.807) is 42.1 Å². The minimum atomic E-state index is -0.310. The Hall–Kier alpha value is -2.52. The van der Waals surface area contributed by atoms with Gasteiger partial charge in [0.05, 0.1) is 11.6 Å². The number of halogens is 1. The summed E-state index contributed by atoms with van der Waals surface area (Å²) in [5.41, 5.74) is 1.18. The number of hydrogen-bond donors (Lipinski definition) is 1. The lowest BCUT2D eigenvalue weighted by atomic mass is 10.0. The molecule has 3 rings (SSSR count). The van der Waals surface area contributed by atoms with E-state index in [2.05, 4.69) is 5.32 Å². The molecule has 2 aromatic carbocycles. The second-order valence-electron chi connectivity index (χ2n) is 5.34. The van der Waals surface area contributed by atoms with Crippen LogP contribution in [0.15, 0.2) is 47.4 Å². The molecule has 1 amide bonds. The molecule has 1 heterocycles. The summed E-state index contributed by atoms with van der Waals surface area (Å²) in [7, 11) is 0. The predicted octanol–water partition coefficient (Wildman–Crippen LogP) is 3.43. The van der Waals surface area contributed by atoms with Gasteiger partial charge in [-0.15, -0.1) is 11.8 Å². The van der Waals surface area contributed by atoms with Crippen molar-refractivity contribution < 1.29 is 13.9 Å². The average Bonchev–Trinajstić information content (AvgIpc) is 2.60. The molecule has 0 fully saturated rings. The highest BCUT2D eigenvalue weighted by atomic mass is 32.2. The summed E-state index contributed by atoms with van der Waals surface area (Å²) in [4.78, 5) is 13.1. The molecule has 1 aliphatic heterocycles. The molecule has 0 saturated carbocycles. The second kappa shape index (κ2) is 7.37. The van der Waals surface area contributed by atoms with Crippen LogP contribution in [0.4, 0.5) is 4.39 Å². The van der Waals surface area contributed by atoms with Gasteiger partial charge in [-0.2, -0.15) is 5.26 Å². The molecule has 24 heavy (non-hydrogen) atoms. The first-order valence-electron chi connectivity index (χ1n) is 7.51. The molecular formula is C18H15FN2O2S. The van der Waals surface area contributed by atoms with E-state index < -0.39 is 0 Å². The molecule has 0 aliphatic carbocycles. The molecule has 0 spiro atoms. The molecule has 2 aromatic rings. The fraction of sp³-hybridized carbons (Fsp3) is 0.222. The first-order chi connectivity index (χ1) is 11.7. The van der Waals surface area contributed by atoms with Crippen LogP contribution >= 0.6 is 11.8 Å². The zero-order valence-corrected chi connectivity index (χ0v) is 13.6. The molecule has 1 N–H and O–H groups in total. The largest absolute Gasteiger partial charge is 0.482 e. The summed E-state index contributed by atoms with van der Waals surface area (Å²) in [6.45, 7) is -0.188. The lowest BCUT2D eigenvalue weighted by Crippen LogP contribution is -2.34. The molecule has 0 saturated heterocycles. The minimum absolute atomic E-state index is 0.188. The van der Waals surface area contributed by atoms with Gasteiger partial charge < -0.3 is 10.1 Å². The molecule has 4 nitrogen and oxygen atoms in total. The van der Waals surface area contributed by atoms with E-state index in [-0.39, 0.29) is 24.4 Å². The molecule has 0 aromatic heterocycles. The highest BCUT2D eigenvalue weighted by Crippen LogP contribution is 2.36. The third kappa shape index (κ3) is 3.69. The fourth-order valence-corrected chi connectivity index (χ4v) is 3.68. The van der Waals surface area contributed by atoms with Gasteiger partial charge in [0.15, 0.2) is 6.61 Å². The van der Waals surface area contributed by atoms with Gasteiger partial charge in [-0.1, -0.05) is 12.1 Å². The zero-order chi connectivity index (χ0) is 16.9. The Bertz CT molecular complexity index is 804. The van der Waals surface area contributed by atoms with E-state index in [4.69, 9.17) is 10.00 Å². The standard InChI is InChI=1S/C18H15FN2O2S/c19-13-5-6-17-14(9-13)15(7-8-24-17)21-18(22)11-23-16-4-2-1-3-12(16)10-20/h1-6,9,15H,7-8,11H2,(H,21,22). The molecule has 1 atom stereocenters. The van der Waals surface area contributed by atoms with E-state index in [1.807, 2.05) is 6.07 Å². The number of hydrogen-bond acceptors (Lipinski definition) is 4. The van der Waals surface area contributed by atoms with Crippen LogP contribution < -0.4 is 10.1 Å². The highest BCUT2D eigenvalue weighted by Gasteiger charge is 2.23. The smallest absolute Gasteiger partial charge is 0.258 e. The monoisotopic (exact) mass is 342 g/mol. The Morgan fingerprint density at radius 2 is 2.21 bits per heavy atom. The predicted molar refractivity (Wildman–Crippen MR) is 89.3 cm³/mol. The van der Waals surface area contributed by atoms with Crippen LogP contribution in [0.2, 0.25) is 0 Å². The number of carbonyl (C=O) groups excluding carboxylic acids is 1. The van der Waals surface area contributed by atoms with Crippen molar-refractivity contribution in [2.75, 3.05) is 12.4 Å². The van der Waals surface area contributed by atoms with Crippen molar-refractivity contribution >= 4 is 17.7 Å². The minimum Gasteiger partial charge on any atom is -0.482 e. The lowest BCUT2D eigenvalue weighted by Gasteiger charge is -2.26. The van der Waals surface area contributed by atoms with Crippen LogP contribution in [0.1, 0.15) is 23.6 Å². The summed E-state index contributed by atoms with van der Waals surface area (Å²) in [5, 5.41) is 11.9. The SMILES string of the molecule is N#Cc1ccccc1OCC(=O)NC1CCSc2ccc(F)cc21. The van der Waals surface area contributed by atoms with Gasteiger partial charge in [0.2, 0.25) is 0 Å². The van der Waals surface area contributed by atoms with Crippen LogP contribution in [-0.4, -0.2) is 18.3 Å². The number of thioether (sulfide) groups is 1. The van der Waals surface area contributed by atoms with Gasteiger partial charge in [-0.05, 0) is 42.3 Å². The average molecular weight is 342 g/mol. The van der Waals surface area contributed by atoms with Crippen molar-refractivity contribution in [1.29, 1.82) is 5.26 Å². The van der Waals surface area contributed by atoms with Crippen molar-refractivity contribution in [2.24, 2.45) is 0 Å². The normalized spacial score (nSPS) is 15.9. The molecule has 6 heteroatoms. The fourth-order valence-electron chi connectivity index (χ4n) is 2.58. The second-order valence-corrected chi connectivity index (χ2v) is 6.47. The van der Waals surface area contributed by atoms with Crippen molar-refractivity contribution in [1.82, 2.24) is 5.32 Å². The van der Waals surface area contributed by atoms with E-state index in [9.17, 15) is 9.18 Å². The Labute approximate surface area is 143 Å². The number of ether oxygens (including phenoxy) is 1. The summed E-state index contributed by atoms with van der Waals surface area (Å²) < 4.78 is 18.9. The molecule has 1 unspecified atom stereocenters. The number of nitriles is 1. The van der Waals surface area contributed by atoms with Gasteiger partial charge in [-0.3, -0.25) is 4.79 Å². The Kier molecular flexibility index (Phi) is 5.02. The number of nitrogens with zero attached hydrogens (tertiary/aromatic N) is 1. The van der Waals surface area contributed by atoms with Crippen molar-refractivity contribution in [3.8, 4) is 11.8 Å². The van der Waals surface area contributed by atoms with E-state index in [0.717, 1.165) is 22.6 Å². The third-order valence-corrected chi connectivity index (χ3v) is 4.84. The number of para-hydroxylation sites is 1. The van der Waals surface area contributed by atoms with Gasteiger partial charge in [0.25, 0.3) is 5.91 Å². The van der Waals surface area contributed by atoms with Crippen LogP contribution in [0.3, 0.4) is 0 Å². The highest BCUT2D eigenvalue weighted by molar-refractivity contribution is 7.99. The first kappa shape index (κ1) is 16.3. The van der Waals surface area contributed by atoms with Crippen molar-refractivity contribution in [3.05, 3.63) is 59.4 Å². The van der Waals surface area contributed by atoms with Crippen molar-refractivity contribution in [3.63, 3.8) is 0 Å². The number of nitrogens with one attached hydrogen (secondary N) is 1. The number of carbonyl (C=O) groups is 1. The van der Waals surface area contributed by atoms with E-state index >= 15 is 0 Å². The maximum absolute atomic E-state index is 13.5. The molecule has 0 bridgehead atoms. The first-order valence-corrected chi connectivity index (χ1v) is 8.49. The molecule has 1 aliphatic rings. The lowest BCUT2D eigenvalue weighted by molar-refractivity contribution is -0.123. The summed E-state index contributed by atoms with van der Waals surface area (Å²) in [6, 6.07) is 13.2. The number of amides is 1. The number of benzene rings is 2. The zero-order valence-electron chi connectivity index (χ0n) is 12.8. The Balaban J connectivity index is 1.64. The summed E-state index contributed by atoms with van der Waals surface area (Å²) in [5.74, 6) is 0.632. The number of fused-ring (bicyclic) bond motifs is 1. The molecule has 122 valence electrons. The van der Waals surface area contributed by atoms with Gasteiger partial charge in [0.1, 0.15) is 17.6 Å². The van der Waals surface area contributed by atoms with Crippen LogP contribution in [0.25, 0.3) is 0 Å². The summed E-state index contributed by atoms with van der Waals surface area (Å²) >= 11 is 1.66. The van der Waals surface area contributed by atoms with E-state index in [0.29, 0.717) is 11.3 Å². The molecular weight excluding hydrogens is 327 g/mol. The van der Waals surface area contributed by atoms with Crippen LogP contribution in [0, 0.1) is 17.1 Å². The quantitative estimate of drug-likeness (QED) is 0.925. The maximum Gasteiger partial charge on any atom is 0.258 e. The summed E-state index contributed by atoms with van der Waals surface area (Å²) in [6.07, 6.45) is 0.738. The van der Waals surface area contributed by atoms with Gasteiger partial charge in [0, 0.05) is 10.6 Å². The van der Waals surface area contributed by atoms with Crippen LogP contribution in [-0.2, 0) is 4.79 Å². The van der Waals surface area contributed by atoms with E-state index in [1.165, 1.54) is 12.1 Å². The Morgan fingerprint density at radius 1 is 1.38 bits per heavy atom. The number of rotatable bonds is 4. The van der Waals surface area contributed by atoms with Crippen molar-refractivity contribution in [2.45, 2.75) is 17.4 Å².